The second-order valence-corrected chi connectivity index (χ2v) is 5.16. The number of fused-ring (bicyclic) bond motifs is 1. The third-order valence-electron chi connectivity index (χ3n) is 3.00. The number of thiophene rings is 1. The van der Waals surface area contributed by atoms with Crippen molar-refractivity contribution in [3.05, 3.63) is 64.0 Å². The van der Waals surface area contributed by atoms with E-state index in [-0.39, 0.29) is 12.1 Å². The van der Waals surface area contributed by atoms with Crippen molar-refractivity contribution in [2.75, 3.05) is 0 Å². The molecule has 0 fully saturated rings. The summed E-state index contributed by atoms with van der Waals surface area (Å²) in [5.74, 6) is 0. The van der Waals surface area contributed by atoms with Gasteiger partial charge in [0.05, 0.1) is 24.4 Å². The second-order valence-electron chi connectivity index (χ2n) is 4.27. The van der Waals surface area contributed by atoms with Gasteiger partial charge in [-0.25, -0.2) is 4.98 Å². The molecule has 1 N–H and O–H groups in total. The average molecular weight is 272 g/mol. The summed E-state index contributed by atoms with van der Waals surface area (Å²) in [5.41, 5.74) is 0.682. The van der Waals surface area contributed by atoms with Gasteiger partial charge in [-0.15, -0.1) is 11.3 Å². The van der Waals surface area contributed by atoms with Crippen LogP contribution in [0.4, 0.5) is 0 Å². The fraction of sp³-hybridized carbons (Fsp3) is 0.143. The Balaban J connectivity index is 1.93. The first-order valence-electron chi connectivity index (χ1n) is 5.91. The molecule has 0 aliphatic rings. The Morgan fingerprint density at radius 1 is 1.26 bits per heavy atom. The number of hydrogen-bond donors (Lipinski definition) is 1. The van der Waals surface area contributed by atoms with Crippen molar-refractivity contribution in [1.82, 2.24) is 9.55 Å². The summed E-state index contributed by atoms with van der Waals surface area (Å²) < 4.78 is 1.45. The van der Waals surface area contributed by atoms with Crippen molar-refractivity contribution in [2.24, 2.45) is 0 Å². The molecule has 0 bridgehead atoms. The molecule has 0 aliphatic carbocycles. The van der Waals surface area contributed by atoms with Crippen LogP contribution in [0.2, 0.25) is 0 Å². The van der Waals surface area contributed by atoms with E-state index in [0.717, 1.165) is 10.4 Å². The molecule has 3 rings (SSSR count). The molecule has 0 unspecified atom stereocenters. The predicted octanol–water partition coefficient (Wildman–Crippen LogP) is 2.19. The van der Waals surface area contributed by atoms with Crippen molar-refractivity contribution in [3.63, 3.8) is 0 Å². The van der Waals surface area contributed by atoms with Crippen LogP contribution in [0, 0.1) is 0 Å². The zero-order valence-electron chi connectivity index (χ0n) is 10.1. The van der Waals surface area contributed by atoms with Gasteiger partial charge < -0.3 is 5.11 Å². The summed E-state index contributed by atoms with van der Waals surface area (Å²) in [4.78, 5) is 17.1. The highest BCUT2D eigenvalue weighted by Crippen LogP contribution is 2.16. The Hall–Kier alpha value is -1.98. The number of aliphatic hydroxyl groups is 1. The lowest BCUT2D eigenvalue weighted by Crippen LogP contribution is -2.23. The van der Waals surface area contributed by atoms with Crippen LogP contribution in [-0.4, -0.2) is 14.7 Å². The molecule has 4 nitrogen and oxygen atoms in total. The van der Waals surface area contributed by atoms with Crippen LogP contribution in [0.1, 0.15) is 11.7 Å². The van der Waals surface area contributed by atoms with Gasteiger partial charge in [-0.2, -0.15) is 0 Å². The Bertz CT molecular complexity index is 749. The summed E-state index contributed by atoms with van der Waals surface area (Å²) in [7, 11) is 0. The van der Waals surface area contributed by atoms with Gasteiger partial charge in [0.1, 0.15) is 4.83 Å². The summed E-state index contributed by atoms with van der Waals surface area (Å²) in [6, 6.07) is 11.1. The first-order valence-corrected chi connectivity index (χ1v) is 6.79. The molecule has 0 saturated carbocycles. The van der Waals surface area contributed by atoms with E-state index in [2.05, 4.69) is 4.98 Å². The normalized spacial score (nSPS) is 12.7. The Morgan fingerprint density at radius 2 is 2.05 bits per heavy atom. The Morgan fingerprint density at radius 3 is 2.84 bits per heavy atom. The van der Waals surface area contributed by atoms with Gasteiger partial charge in [-0.05, 0) is 17.0 Å². The summed E-state index contributed by atoms with van der Waals surface area (Å²) in [5, 5.41) is 12.6. The number of benzene rings is 1. The standard InChI is InChI=1S/C14H12N2O2S/c17-12(10-4-2-1-3-5-10)8-16-9-15-13-11(14(16)18)6-7-19-13/h1-7,9,12,17H,8H2/t12-/m0/s1. The topological polar surface area (TPSA) is 55.1 Å². The highest BCUT2D eigenvalue weighted by Gasteiger charge is 2.11. The molecule has 0 amide bonds. The van der Waals surface area contributed by atoms with Crippen LogP contribution in [0.3, 0.4) is 0 Å². The van der Waals surface area contributed by atoms with E-state index in [0.29, 0.717) is 5.39 Å². The van der Waals surface area contributed by atoms with Gasteiger partial charge in [0, 0.05) is 0 Å². The fourth-order valence-corrected chi connectivity index (χ4v) is 2.71. The maximum absolute atomic E-state index is 12.2. The van der Waals surface area contributed by atoms with Gasteiger partial charge in [-0.1, -0.05) is 30.3 Å². The van der Waals surface area contributed by atoms with Crippen LogP contribution >= 0.6 is 11.3 Å². The van der Waals surface area contributed by atoms with Crippen LogP contribution in [0.15, 0.2) is 52.9 Å². The van der Waals surface area contributed by atoms with Crippen molar-refractivity contribution < 1.29 is 5.11 Å². The SMILES string of the molecule is O=c1c2ccsc2ncn1C[C@H](O)c1ccccc1. The highest BCUT2D eigenvalue weighted by molar-refractivity contribution is 7.16. The van der Waals surface area contributed by atoms with Crippen molar-refractivity contribution in [1.29, 1.82) is 0 Å². The molecule has 0 aliphatic heterocycles. The molecular weight excluding hydrogens is 260 g/mol. The van der Waals surface area contributed by atoms with Gasteiger partial charge in [-0.3, -0.25) is 9.36 Å². The van der Waals surface area contributed by atoms with Crippen LogP contribution in [0.25, 0.3) is 10.2 Å². The van der Waals surface area contributed by atoms with E-state index < -0.39 is 6.10 Å². The maximum atomic E-state index is 12.2. The van der Waals surface area contributed by atoms with E-state index in [1.807, 2.05) is 35.7 Å². The minimum Gasteiger partial charge on any atom is -0.387 e. The molecule has 1 aromatic carbocycles. The lowest BCUT2D eigenvalue weighted by molar-refractivity contribution is 0.155. The number of hydrogen-bond acceptors (Lipinski definition) is 4. The van der Waals surface area contributed by atoms with Crippen LogP contribution < -0.4 is 5.56 Å². The molecule has 2 aromatic heterocycles. The molecule has 2 heterocycles. The third-order valence-corrected chi connectivity index (χ3v) is 3.83. The number of aliphatic hydroxyl groups excluding tert-OH is 1. The minimum atomic E-state index is -0.711. The molecule has 1 atom stereocenters. The predicted molar refractivity (Wildman–Crippen MR) is 75.3 cm³/mol. The lowest BCUT2D eigenvalue weighted by Gasteiger charge is -2.12. The number of aromatic nitrogens is 2. The first kappa shape index (κ1) is 12.1. The van der Waals surface area contributed by atoms with Crippen molar-refractivity contribution in [3.8, 4) is 0 Å². The molecule has 5 heteroatoms. The summed E-state index contributed by atoms with van der Waals surface area (Å²) in [6.45, 7) is 0.210. The number of nitrogens with zero attached hydrogens (tertiary/aromatic N) is 2. The minimum absolute atomic E-state index is 0.110. The molecule has 19 heavy (non-hydrogen) atoms. The van der Waals surface area contributed by atoms with Crippen molar-refractivity contribution >= 4 is 21.6 Å². The largest absolute Gasteiger partial charge is 0.387 e. The number of rotatable bonds is 3. The molecule has 3 aromatic rings. The molecule has 0 saturated heterocycles. The smallest absolute Gasteiger partial charge is 0.262 e. The zero-order valence-corrected chi connectivity index (χ0v) is 10.9. The third kappa shape index (κ3) is 2.30. The second kappa shape index (κ2) is 4.95. The van der Waals surface area contributed by atoms with E-state index in [9.17, 15) is 9.90 Å². The Kier molecular flexibility index (Phi) is 3.15. The van der Waals surface area contributed by atoms with Crippen LogP contribution in [0.5, 0.6) is 0 Å². The van der Waals surface area contributed by atoms with Gasteiger partial charge >= 0.3 is 0 Å². The average Bonchev–Trinajstić information content (AvgIpc) is 2.92. The summed E-state index contributed by atoms with van der Waals surface area (Å²) >= 11 is 1.44. The van der Waals surface area contributed by atoms with Crippen LogP contribution in [-0.2, 0) is 6.54 Å². The maximum Gasteiger partial charge on any atom is 0.262 e. The quantitative estimate of drug-likeness (QED) is 0.795. The fourth-order valence-electron chi connectivity index (χ4n) is 1.99. The van der Waals surface area contributed by atoms with E-state index in [1.54, 1.807) is 6.07 Å². The van der Waals surface area contributed by atoms with Gasteiger partial charge in [0.2, 0.25) is 0 Å². The molecule has 96 valence electrons. The summed E-state index contributed by atoms with van der Waals surface area (Å²) in [6.07, 6.45) is 0.782. The Labute approximate surface area is 113 Å². The first-order chi connectivity index (χ1) is 9.25. The van der Waals surface area contributed by atoms with Gasteiger partial charge in [0.25, 0.3) is 5.56 Å². The lowest BCUT2D eigenvalue weighted by atomic mass is 10.1. The van der Waals surface area contributed by atoms with Crippen molar-refractivity contribution in [2.45, 2.75) is 12.6 Å². The van der Waals surface area contributed by atoms with E-state index in [1.165, 1.54) is 22.2 Å². The van der Waals surface area contributed by atoms with E-state index in [4.69, 9.17) is 0 Å². The van der Waals surface area contributed by atoms with Gasteiger partial charge in [0.15, 0.2) is 0 Å². The molecular formula is C14H12N2O2S. The molecule has 0 spiro atoms. The monoisotopic (exact) mass is 272 g/mol. The van der Waals surface area contributed by atoms with E-state index >= 15 is 0 Å². The zero-order chi connectivity index (χ0) is 13.2. The highest BCUT2D eigenvalue weighted by atomic mass is 32.1. The molecule has 0 radical (unpaired) electrons.